The van der Waals surface area contributed by atoms with Crippen LogP contribution in [0.2, 0.25) is 0 Å². The van der Waals surface area contributed by atoms with Crippen molar-refractivity contribution in [2.45, 2.75) is 32.6 Å². The first kappa shape index (κ1) is 16.6. The summed E-state index contributed by atoms with van der Waals surface area (Å²) in [5.41, 5.74) is 2.07. The minimum absolute atomic E-state index is 0.869. The maximum absolute atomic E-state index is 5.37. The van der Waals surface area contributed by atoms with Crippen molar-refractivity contribution < 1.29 is 4.74 Å². The molecule has 0 unspecified atom stereocenters. The Balaban J connectivity index is 1.83. The molecule has 2 rings (SSSR count). The summed E-state index contributed by atoms with van der Waals surface area (Å²) in [6.07, 6.45) is 6.81. The van der Waals surface area contributed by atoms with Gasteiger partial charge in [0.25, 0.3) is 0 Å². The number of ether oxygens (including phenoxy) is 1. The van der Waals surface area contributed by atoms with Gasteiger partial charge in [-0.1, -0.05) is 25.8 Å². The topological polar surface area (TPSA) is 46.2 Å². The quantitative estimate of drug-likeness (QED) is 0.655. The molecule has 0 amide bonds. The largest absolute Gasteiger partial charge is 0.497 e. The highest BCUT2D eigenvalue weighted by atomic mass is 16.5. The molecule has 4 heteroatoms. The molecular formula is C18H27N3O. The van der Waals surface area contributed by atoms with E-state index in [1.807, 2.05) is 24.4 Å². The minimum atomic E-state index is 0.869. The maximum atomic E-state index is 5.37. The summed E-state index contributed by atoms with van der Waals surface area (Å²) >= 11 is 0. The van der Waals surface area contributed by atoms with Gasteiger partial charge < -0.3 is 15.4 Å². The molecule has 2 aromatic rings. The fourth-order valence-electron chi connectivity index (χ4n) is 2.55. The van der Waals surface area contributed by atoms with Crippen molar-refractivity contribution in [2.24, 2.45) is 0 Å². The van der Waals surface area contributed by atoms with Crippen LogP contribution < -0.4 is 15.4 Å². The highest BCUT2D eigenvalue weighted by Gasteiger charge is 2.05. The van der Waals surface area contributed by atoms with Gasteiger partial charge in [-0.3, -0.25) is 4.98 Å². The molecule has 0 fully saturated rings. The van der Waals surface area contributed by atoms with Crippen LogP contribution in [0.15, 0.2) is 30.5 Å². The van der Waals surface area contributed by atoms with Gasteiger partial charge in [0, 0.05) is 24.2 Å². The zero-order valence-corrected chi connectivity index (χ0v) is 13.7. The minimum Gasteiger partial charge on any atom is -0.497 e. The number of hydrogen-bond donors (Lipinski definition) is 2. The van der Waals surface area contributed by atoms with E-state index >= 15 is 0 Å². The van der Waals surface area contributed by atoms with Crippen molar-refractivity contribution in [3.8, 4) is 5.75 Å². The molecule has 0 aliphatic heterocycles. The van der Waals surface area contributed by atoms with Gasteiger partial charge >= 0.3 is 0 Å². The van der Waals surface area contributed by atoms with Gasteiger partial charge in [-0.15, -0.1) is 0 Å². The van der Waals surface area contributed by atoms with Crippen LogP contribution >= 0.6 is 0 Å². The van der Waals surface area contributed by atoms with Crippen LogP contribution in [-0.2, 0) is 0 Å². The Hall–Kier alpha value is -1.81. The van der Waals surface area contributed by atoms with Crippen LogP contribution in [-0.4, -0.2) is 31.7 Å². The first-order valence-electron chi connectivity index (χ1n) is 8.22. The van der Waals surface area contributed by atoms with E-state index in [0.717, 1.165) is 42.0 Å². The second-order valence-electron chi connectivity index (χ2n) is 5.44. The number of hydrogen-bond acceptors (Lipinski definition) is 4. The number of anilines is 1. The highest BCUT2D eigenvalue weighted by molar-refractivity contribution is 5.91. The number of benzene rings is 1. The average molecular weight is 301 g/mol. The van der Waals surface area contributed by atoms with E-state index in [9.17, 15) is 0 Å². The molecular weight excluding hydrogens is 274 g/mol. The van der Waals surface area contributed by atoms with Gasteiger partial charge in [-0.05, 0) is 38.1 Å². The van der Waals surface area contributed by atoms with Crippen LogP contribution in [0.5, 0.6) is 5.75 Å². The molecule has 1 heterocycles. The number of unbranched alkanes of at least 4 members (excludes halogenated alkanes) is 3. The molecule has 2 N–H and O–H groups in total. The van der Waals surface area contributed by atoms with Crippen molar-refractivity contribution in [2.75, 3.05) is 32.1 Å². The first-order valence-corrected chi connectivity index (χ1v) is 8.22. The van der Waals surface area contributed by atoms with E-state index in [1.54, 1.807) is 7.11 Å². The Kier molecular flexibility index (Phi) is 6.97. The van der Waals surface area contributed by atoms with Crippen LogP contribution in [0.1, 0.15) is 32.6 Å². The number of rotatable bonds is 10. The van der Waals surface area contributed by atoms with Crippen molar-refractivity contribution in [3.63, 3.8) is 0 Å². The maximum Gasteiger partial charge on any atom is 0.121 e. The normalized spacial score (nSPS) is 10.8. The smallest absolute Gasteiger partial charge is 0.121 e. The Labute approximate surface area is 133 Å². The third-order valence-corrected chi connectivity index (χ3v) is 3.76. The highest BCUT2D eigenvalue weighted by Crippen LogP contribution is 2.27. The van der Waals surface area contributed by atoms with E-state index < -0.39 is 0 Å². The molecule has 0 radical (unpaired) electrons. The molecule has 0 saturated carbocycles. The average Bonchev–Trinajstić information content (AvgIpc) is 2.56. The lowest BCUT2D eigenvalue weighted by molar-refractivity contribution is 0.415. The van der Waals surface area contributed by atoms with Crippen molar-refractivity contribution in [1.29, 1.82) is 0 Å². The van der Waals surface area contributed by atoms with Gasteiger partial charge in [-0.25, -0.2) is 0 Å². The Morgan fingerprint density at radius 2 is 1.91 bits per heavy atom. The molecule has 22 heavy (non-hydrogen) atoms. The van der Waals surface area contributed by atoms with Crippen LogP contribution in [0.25, 0.3) is 10.9 Å². The van der Waals surface area contributed by atoms with E-state index in [4.69, 9.17) is 4.74 Å². The molecule has 1 aromatic heterocycles. The lowest BCUT2D eigenvalue weighted by Gasteiger charge is -2.11. The van der Waals surface area contributed by atoms with Crippen LogP contribution in [0, 0.1) is 0 Å². The second kappa shape index (κ2) is 9.26. The zero-order chi connectivity index (χ0) is 15.6. The lowest BCUT2D eigenvalue weighted by atomic mass is 10.1. The SMILES string of the molecule is CCNCCCCCCNc1cc(OC)cc2cccnc12. The van der Waals surface area contributed by atoms with Crippen molar-refractivity contribution >= 4 is 16.6 Å². The Bertz CT molecular complexity index is 571. The van der Waals surface area contributed by atoms with Crippen molar-refractivity contribution in [1.82, 2.24) is 10.3 Å². The van der Waals surface area contributed by atoms with Gasteiger partial charge in [0.2, 0.25) is 0 Å². The van der Waals surface area contributed by atoms with E-state index in [2.05, 4.69) is 28.6 Å². The lowest BCUT2D eigenvalue weighted by Crippen LogP contribution is -2.13. The predicted octanol–water partition coefficient (Wildman–Crippen LogP) is 3.83. The molecule has 120 valence electrons. The van der Waals surface area contributed by atoms with Gasteiger partial charge in [0.15, 0.2) is 0 Å². The standard InChI is InChI=1S/C18H27N3O/c1-3-19-10-6-4-5-7-11-20-17-14-16(22-2)13-15-9-8-12-21-18(15)17/h8-9,12-14,19-20H,3-7,10-11H2,1-2H3. The number of aromatic nitrogens is 1. The Morgan fingerprint density at radius 3 is 2.68 bits per heavy atom. The van der Waals surface area contributed by atoms with Crippen molar-refractivity contribution in [3.05, 3.63) is 30.5 Å². The monoisotopic (exact) mass is 301 g/mol. The van der Waals surface area contributed by atoms with Crippen LogP contribution in [0.3, 0.4) is 0 Å². The number of methoxy groups -OCH3 is 1. The molecule has 0 atom stereocenters. The number of nitrogens with one attached hydrogen (secondary N) is 2. The summed E-state index contributed by atoms with van der Waals surface area (Å²) in [6, 6.07) is 8.07. The third-order valence-electron chi connectivity index (χ3n) is 3.76. The summed E-state index contributed by atoms with van der Waals surface area (Å²) in [7, 11) is 1.70. The predicted molar refractivity (Wildman–Crippen MR) is 93.8 cm³/mol. The summed E-state index contributed by atoms with van der Waals surface area (Å²) in [5, 5.41) is 7.97. The number of pyridine rings is 1. The molecule has 0 saturated heterocycles. The van der Waals surface area contributed by atoms with E-state index in [0.29, 0.717) is 0 Å². The fourth-order valence-corrected chi connectivity index (χ4v) is 2.55. The summed E-state index contributed by atoms with van der Waals surface area (Å²) in [4.78, 5) is 4.48. The third kappa shape index (κ3) is 4.88. The van der Waals surface area contributed by atoms with Crippen LogP contribution in [0.4, 0.5) is 5.69 Å². The molecule has 0 aliphatic carbocycles. The van der Waals surface area contributed by atoms with Gasteiger partial charge in [0.1, 0.15) is 5.75 Å². The Morgan fingerprint density at radius 1 is 1.09 bits per heavy atom. The number of fused-ring (bicyclic) bond motifs is 1. The second-order valence-corrected chi connectivity index (χ2v) is 5.44. The van der Waals surface area contributed by atoms with Gasteiger partial charge in [0.05, 0.1) is 18.3 Å². The molecule has 0 aliphatic rings. The van der Waals surface area contributed by atoms with E-state index in [-0.39, 0.29) is 0 Å². The summed E-state index contributed by atoms with van der Waals surface area (Å²) in [6.45, 7) is 5.32. The molecule has 0 spiro atoms. The fraction of sp³-hybridized carbons (Fsp3) is 0.500. The zero-order valence-electron chi connectivity index (χ0n) is 13.7. The van der Waals surface area contributed by atoms with Gasteiger partial charge in [-0.2, -0.15) is 0 Å². The molecule has 4 nitrogen and oxygen atoms in total. The molecule has 1 aromatic carbocycles. The summed E-state index contributed by atoms with van der Waals surface area (Å²) in [5.74, 6) is 0.869. The van der Waals surface area contributed by atoms with E-state index in [1.165, 1.54) is 25.7 Å². The number of nitrogens with zero attached hydrogens (tertiary/aromatic N) is 1. The first-order chi connectivity index (χ1) is 10.8. The summed E-state index contributed by atoms with van der Waals surface area (Å²) < 4.78 is 5.37. The molecule has 0 bridgehead atoms.